The fraction of sp³-hybridized carbons (Fsp3) is 0.294. The van der Waals surface area contributed by atoms with Crippen LogP contribution in [0.5, 0.6) is 0 Å². The molecule has 0 saturated carbocycles. The molecule has 0 bridgehead atoms. The Morgan fingerprint density at radius 1 is 1.23 bits per heavy atom. The van der Waals surface area contributed by atoms with Gasteiger partial charge in [0, 0.05) is 10.6 Å². The minimum Gasteiger partial charge on any atom is -0.452 e. The van der Waals surface area contributed by atoms with Gasteiger partial charge in [-0.05, 0) is 42.5 Å². The summed E-state index contributed by atoms with van der Waals surface area (Å²) in [7, 11) is 0. The van der Waals surface area contributed by atoms with Crippen molar-refractivity contribution in [2.45, 2.75) is 32.8 Å². The average molecular weight is 317 g/mol. The first-order valence-electron chi connectivity index (χ1n) is 7.20. The summed E-state index contributed by atoms with van der Waals surface area (Å²) < 4.78 is 5.16. The Hall–Kier alpha value is -2.14. The predicted molar refractivity (Wildman–Crippen MR) is 88.0 cm³/mol. The highest BCUT2D eigenvalue weighted by Crippen LogP contribution is 2.12. The highest BCUT2D eigenvalue weighted by Gasteiger charge is 2.18. The van der Waals surface area contributed by atoms with E-state index in [2.05, 4.69) is 12.2 Å². The molecule has 0 saturated heterocycles. The number of benzene rings is 1. The van der Waals surface area contributed by atoms with Crippen LogP contribution in [0.2, 0.25) is 0 Å². The summed E-state index contributed by atoms with van der Waals surface area (Å²) in [6.07, 6.45) is 0.323. The molecule has 1 amide bonds. The minimum absolute atomic E-state index is 0.195. The maximum absolute atomic E-state index is 12.0. The Balaban J connectivity index is 1.84. The van der Waals surface area contributed by atoms with E-state index < -0.39 is 12.1 Å². The van der Waals surface area contributed by atoms with Crippen molar-refractivity contribution in [3.05, 3.63) is 52.2 Å². The summed E-state index contributed by atoms with van der Waals surface area (Å²) in [5.41, 5.74) is 1.90. The van der Waals surface area contributed by atoms with Crippen LogP contribution in [0.4, 0.5) is 5.69 Å². The molecule has 1 aromatic heterocycles. The van der Waals surface area contributed by atoms with Crippen molar-refractivity contribution in [3.63, 3.8) is 0 Å². The number of esters is 1. The number of rotatable bonds is 6. The van der Waals surface area contributed by atoms with Crippen LogP contribution in [0.15, 0.2) is 41.8 Å². The van der Waals surface area contributed by atoms with Crippen LogP contribution in [0.1, 0.15) is 24.3 Å². The van der Waals surface area contributed by atoms with Gasteiger partial charge in [-0.3, -0.25) is 9.59 Å². The van der Waals surface area contributed by atoms with E-state index in [0.717, 1.165) is 11.3 Å². The predicted octanol–water partition coefficient (Wildman–Crippen LogP) is 3.42. The lowest BCUT2D eigenvalue weighted by molar-refractivity contribution is -0.152. The molecule has 22 heavy (non-hydrogen) atoms. The van der Waals surface area contributed by atoms with Crippen molar-refractivity contribution in [3.8, 4) is 0 Å². The third-order valence-electron chi connectivity index (χ3n) is 3.21. The molecule has 116 valence electrons. The fourth-order valence-electron chi connectivity index (χ4n) is 1.92. The molecule has 0 unspecified atom stereocenters. The molecular weight excluding hydrogens is 298 g/mol. The van der Waals surface area contributed by atoms with Crippen molar-refractivity contribution in [1.82, 2.24) is 0 Å². The molecule has 1 heterocycles. The topological polar surface area (TPSA) is 55.4 Å². The maximum Gasteiger partial charge on any atom is 0.311 e. The highest BCUT2D eigenvalue weighted by atomic mass is 32.1. The van der Waals surface area contributed by atoms with Gasteiger partial charge in [-0.25, -0.2) is 0 Å². The number of hydrogen-bond acceptors (Lipinski definition) is 4. The van der Waals surface area contributed by atoms with E-state index in [9.17, 15) is 9.59 Å². The van der Waals surface area contributed by atoms with Gasteiger partial charge >= 0.3 is 5.97 Å². The first-order valence-corrected chi connectivity index (χ1v) is 8.08. The molecule has 1 atom stereocenters. The van der Waals surface area contributed by atoms with Crippen molar-refractivity contribution in [2.24, 2.45) is 0 Å². The number of hydrogen-bond donors (Lipinski definition) is 1. The average Bonchev–Trinajstić information content (AvgIpc) is 3.00. The summed E-state index contributed by atoms with van der Waals surface area (Å²) >= 11 is 1.49. The van der Waals surface area contributed by atoms with Crippen molar-refractivity contribution in [2.75, 3.05) is 5.32 Å². The first-order chi connectivity index (χ1) is 10.6. The van der Waals surface area contributed by atoms with Gasteiger partial charge in [0.15, 0.2) is 6.10 Å². The van der Waals surface area contributed by atoms with E-state index in [1.54, 1.807) is 6.92 Å². The zero-order chi connectivity index (χ0) is 15.9. The Morgan fingerprint density at radius 3 is 2.55 bits per heavy atom. The molecule has 0 aliphatic rings. The minimum atomic E-state index is -0.821. The number of carbonyl (C=O) groups excluding carboxylic acids is 2. The van der Waals surface area contributed by atoms with Crippen LogP contribution < -0.4 is 5.32 Å². The molecular formula is C17H19NO3S. The van der Waals surface area contributed by atoms with E-state index >= 15 is 0 Å². The largest absolute Gasteiger partial charge is 0.452 e. The van der Waals surface area contributed by atoms with Gasteiger partial charge in [0.05, 0.1) is 6.42 Å². The number of nitrogens with one attached hydrogen (secondary N) is 1. The number of amides is 1. The van der Waals surface area contributed by atoms with Gasteiger partial charge in [0.1, 0.15) is 0 Å². The number of carbonyl (C=O) groups is 2. The van der Waals surface area contributed by atoms with Crippen LogP contribution in [0, 0.1) is 0 Å². The number of thiophene rings is 1. The molecule has 5 heteroatoms. The van der Waals surface area contributed by atoms with Crippen LogP contribution in [-0.2, 0) is 27.2 Å². The normalized spacial score (nSPS) is 11.7. The molecule has 0 spiro atoms. The van der Waals surface area contributed by atoms with Crippen molar-refractivity contribution in [1.29, 1.82) is 0 Å². The Kier molecular flexibility index (Phi) is 5.72. The Labute approximate surface area is 134 Å². The van der Waals surface area contributed by atoms with E-state index in [1.165, 1.54) is 16.9 Å². The van der Waals surface area contributed by atoms with Crippen molar-refractivity contribution < 1.29 is 14.3 Å². The zero-order valence-electron chi connectivity index (χ0n) is 12.7. The molecule has 1 aromatic carbocycles. The van der Waals surface area contributed by atoms with Gasteiger partial charge in [0.25, 0.3) is 5.91 Å². The molecule has 0 fully saturated rings. The van der Waals surface area contributed by atoms with E-state index in [4.69, 9.17) is 4.74 Å². The lowest BCUT2D eigenvalue weighted by Gasteiger charge is -2.13. The molecule has 1 N–H and O–H groups in total. The van der Waals surface area contributed by atoms with Gasteiger partial charge in [-0.1, -0.05) is 25.1 Å². The molecule has 2 rings (SSSR count). The second-order valence-corrected chi connectivity index (χ2v) is 5.96. The second-order valence-electron chi connectivity index (χ2n) is 4.93. The molecule has 4 nitrogen and oxygen atoms in total. The lowest BCUT2D eigenvalue weighted by atomic mass is 10.1. The first kappa shape index (κ1) is 16.2. The van der Waals surface area contributed by atoms with Gasteiger partial charge in [-0.15, -0.1) is 11.3 Å². The van der Waals surface area contributed by atoms with Gasteiger partial charge in [-0.2, -0.15) is 0 Å². The third kappa shape index (κ3) is 4.70. The van der Waals surface area contributed by atoms with Crippen LogP contribution in [0.25, 0.3) is 0 Å². The van der Waals surface area contributed by atoms with Gasteiger partial charge < -0.3 is 10.1 Å². The molecule has 2 aromatic rings. The molecule has 0 aliphatic heterocycles. The summed E-state index contributed by atoms with van der Waals surface area (Å²) in [6, 6.07) is 11.4. The Morgan fingerprint density at radius 2 is 1.95 bits per heavy atom. The summed E-state index contributed by atoms with van der Waals surface area (Å²) in [6.45, 7) is 3.64. The highest BCUT2D eigenvalue weighted by molar-refractivity contribution is 7.10. The molecule has 0 radical (unpaired) electrons. The second kappa shape index (κ2) is 7.75. The third-order valence-corrected chi connectivity index (χ3v) is 4.08. The van der Waals surface area contributed by atoms with E-state index in [-0.39, 0.29) is 12.3 Å². The number of ether oxygens (including phenoxy) is 1. The Bertz CT molecular complexity index is 620. The fourth-order valence-corrected chi connectivity index (χ4v) is 2.61. The number of aryl methyl sites for hydroxylation is 1. The smallest absolute Gasteiger partial charge is 0.311 e. The zero-order valence-corrected chi connectivity index (χ0v) is 13.5. The van der Waals surface area contributed by atoms with Crippen LogP contribution in [0.3, 0.4) is 0 Å². The molecule has 0 aliphatic carbocycles. The van der Waals surface area contributed by atoms with E-state index in [1.807, 2.05) is 41.8 Å². The lowest BCUT2D eigenvalue weighted by Crippen LogP contribution is -2.30. The SMILES string of the molecule is CCc1ccc(NC(=O)[C@@H](C)OC(=O)Cc2cccs2)cc1. The quantitative estimate of drug-likeness (QED) is 0.831. The van der Waals surface area contributed by atoms with Crippen LogP contribution in [-0.4, -0.2) is 18.0 Å². The van der Waals surface area contributed by atoms with Crippen LogP contribution >= 0.6 is 11.3 Å². The monoisotopic (exact) mass is 317 g/mol. The number of anilines is 1. The summed E-state index contributed by atoms with van der Waals surface area (Å²) in [5.74, 6) is -0.727. The summed E-state index contributed by atoms with van der Waals surface area (Å²) in [4.78, 5) is 24.7. The summed E-state index contributed by atoms with van der Waals surface area (Å²) in [5, 5.41) is 4.65. The maximum atomic E-state index is 12.0. The van der Waals surface area contributed by atoms with Gasteiger partial charge in [0.2, 0.25) is 0 Å². The van der Waals surface area contributed by atoms with Crippen molar-refractivity contribution >= 4 is 28.9 Å². The standard InChI is InChI=1S/C17H19NO3S/c1-3-13-6-8-14(9-7-13)18-17(20)12(2)21-16(19)11-15-5-4-10-22-15/h4-10,12H,3,11H2,1-2H3,(H,18,20)/t12-/m1/s1. The van der Waals surface area contributed by atoms with E-state index in [0.29, 0.717) is 5.69 Å².